The Hall–Kier alpha value is -2.41. The minimum absolute atomic E-state index is 0.00374. The molecule has 2 aromatic rings. The summed E-state index contributed by atoms with van der Waals surface area (Å²) >= 11 is 0. The van der Waals surface area contributed by atoms with Crippen LogP contribution >= 0.6 is 0 Å². The first-order valence-corrected chi connectivity index (χ1v) is 9.62. The number of hydrogen-bond donors (Lipinski definition) is 1. The molecule has 0 aliphatic heterocycles. The number of hydrogen-bond acceptors (Lipinski definition) is 3. The Morgan fingerprint density at radius 1 is 1.08 bits per heavy atom. The van der Waals surface area contributed by atoms with E-state index >= 15 is 0 Å². The number of carbonyl (C=O) groups is 1. The summed E-state index contributed by atoms with van der Waals surface area (Å²) in [6.07, 6.45) is 1.80. The lowest BCUT2D eigenvalue weighted by Crippen LogP contribution is -2.46. The van der Waals surface area contributed by atoms with E-state index in [1.54, 1.807) is 12.1 Å². The minimum atomic E-state index is -3.88. The summed E-state index contributed by atoms with van der Waals surface area (Å²) in [5.41, 5.74) is 1.93. The van der Waals surface area contributed by atoms with Gasteiger partial charge in [-0.2, -0.15) is 0 Å². The van der Waals surface area contributed by atoms with Crippen LogP contribution in [0, 0.1) is 5.82 Å². The van der Waals surface area contributed by atoms with Crippen LogP contribution in [0.4, 0.5) is 10.1 Å². The Bertz CT molecular complexity index is 832. The molecule has 0 radical (unpaired) electrons. The standard InChI is InChI=1S/C18H20FNO4S/c1-3-13-4-6-14(7-5-13)12-17(18(21)22)20(25(2,23)24)16-10-8-15(19)9-11-16/h4-11,17H,3,12H2,1-2H3,(H,21,22). The van der Waals surface area contributed by atoms with E-state index in [2.05, 4.69) is 0 Å². The van der Waals surface area contributed by atoms with Crippen molar-refractivity contribution in [2.75, 3.05) is 10.6 Å². The molecule has 25 heavy (non-hydrogen) atoms. The highest BCUT2D eigenvalue weighted by Gasteiger charge is 2.32. The molecule has 0 saturated carbocycles. The maximum atomic E-state index is 13.1. The molecule has 134 valence electrons. The van der Waals surface area contributed by atoms with E-state index in [1.165, 1.54) is 12.1 Å². The van der Waals surface area contributed by atoms with Crippen LogP contribution < -0.4 is 4.31 Å². The largest absolute Gasteiger partial charge is 0.480 e. The Balaban J connectivity index is 2.42. The van der Waals surface area contributed by atoms with Gasteiger partial charge in [-0.15, -0.1) is 0 Å². The van der Waals surface area contributed by atoms with Crippen molar-refractivity contribution in [1.82, 2.24) is 0 Å². The molecule has 0 amide bonds. The van der Waals surface area contributed by atoms with Crippen LogP contribution in [-0.2, 0) is 27.7 Å². The third kappa shape index (κ3) is 4.79. The minimum Gasteiger partial charge on any atom is -0.480 e. The first kappa shape index (κ1) is 18.9. The fourth-order valence-electron chi connectivity index (χ4n) is 2.60. The molecule has 0 aliphatic carbocycles. The van der Waals surface area contributed by atoms with Gasteiger partial charge in [-0.3, -0.25) is 4.31 Å². The Morgan fingerprint density at radius 3 is 2.04 bits per heavy atom. The molecule has 0 bridgehead atoms. The highest BCUT2D eigenvalue weighted by atomic mass is 32.2. The molecule has 0 spiro atoms. The smallest absolute Gasteiger partial charge is 0.327 e. The van der Waals surface area contributed by atoms with E-state index in [4.69, 9.17) is 0 Å². The van der Waals surface area contributed by atoms with E-state index in [1.807, 2.05) is 19.1 Å². The molecule has 0 saturated heterocycles. The van der Waals surface area contributed by atoms with Gasteiger partial charge in [0, 0.05) is 6.42 Å². The third-order valence-electron chi connectivity index (χ3n) is 3.87. The molecule has 2 aromatic carbocycles. The number of carboxylic acids is 1. The lowest BCUT2D eigenvalue weighted by Gasteiger charge is -2.29. The normalized spacial score (nSPS) is 12.6. The van der Waals surface area contributed by atoms with Crippen molar-refractivity contribution in [3.8, 4) is 0 Å². The summed E-state index contributed by atoms with van der Waals surface area (Å²) in [5.74, 6) is -1.80. The van der Waals surface area contributed by atoms with Crippen molar-refractivity contribution in [3.63, 3.8) is 0 Å². The highest BCUT2D eigenvalue weighted by Crippen LogP contribution is 2.23. The topological polar surface area (TPSA) is 74.7 Å². The van der Waals surface area contributed by atoms with E-state index in [9.17, 15) is 22.7 Å². The van der Waals surface area contributed by atoms with Crippen molar-refractivity contribution < 1.29 is 22.7 Å². The average molecular weight is 365 g/mol. The maximum Gasteiger partial charge on any atom is 0.327 e. The van der Waals surface area contributed by atoms with Gasteiger partial charge in [0.1, 0.15) is 11.9 Å². The van der Waals surface area contributed by atoms with Crippen LogP contribution in [-0.4, -0.2) is 31.8 Å². The number of rotatable bonds is 7. The van der Waals surface area contributed by atoms with Crippen molar-refractivity contribution in [1.29, 1.82) is 0 Å². The molecule has 1 unspecified atom stereocenters. The zero-order valence-corrected chi connectivity index (χ0v) is 14.8. The van der Waals surface area contributed by atoms with Crippen LogP contribution in [0.15, 0.2) is 48.5 Å². The Morgan fingerprint density at radius 2 is 1.60 bits per heavy atom. The van der Waals surface area contributed by atoms with Crippen LogP contribution in [0.5, 0.6) is 0 Å². The summed E-state index contributed by atoms with van der Waals surface area (Å²) in [6, 6.07) is 10.7. The number of halogens is 1. The van der Waals surface area contributed by atoms with Gasteiger partial charge in [0.25, 0.3) is 0 Å². The molecule has 0 heterocycles. The second-order valence-corrected chi connectivity index (χ2v) is 7.62. The van der Waals surface area contributed by atoms with Gasteiger partial charge in [-0.1, -0.05) is 31.2 Å². The van der Waals surface area contributed by atoms with Gasteiger partial charge in [0.05, 0.1) is 11.9 Å². The number of benzene rings is 2. The van der Waals surface area contributed by atoms with Crippen LogP contribution in [0.1, 0.15) is 18.1 Å². The van der Waals surface area contributed by atoms with Gasteiger partial charge in [-0.25, -0.2) is 17.6 Å². The molecular weight excluding hydrogens is 345 g/mol. The van der Waals surface area contributed by atoms with Crippen LogP contribution in [0.25, 0.3) is 0 Å². The molecule has 5 nitrogen and oxygen atoms in total. The van der Waals surface area contributed by atoms with Crippen molar-refractivity contribution in [2.24, 2.45) is 0 Å². The molecular formula is C18H20FNO4S. The highest BCUT2D eigenvalue weighted by molar-refractivity contribution is 7.92. The van der Waals surface area contributed by atoms with Gasteiger partial charge in [0.2, 0.25) is 10.0 Å². The predicted molar refractivity (Wildman–Crippen MR) is 94.7 cm³/mol. The second kappa shape index (κ2) is 7.65. The second-order valence-electron chi connectivity index (χ2n) is 5.76. The molecule has 2 rings (SSSR count). The zero-order chi connectivity index (χ0) is 18.6. The van der Waals surface area contributed by atoms with E-state index in [0.717, 1.165) is 34.7 Å². The van der Waals surface area contributed by atoms with Crippen LogP contribution in [0.3, 0.4) is 0 Å². The zero-order valence-electron chi connectivity index (χ0n) is 14.0. The van der Waals surface area contributed by atoms with Crippen molar-refractivity contribution in [3.05, 3.63) is 65.5 Å². The fourth-order valence-corrected chi connectivity index (χ4v) is 3.73. The fraction of sp³-hybridized carbons (Fsp3) is 0.278. The molecule has 0 aliphatic rings. The van der Waals surface area contributed by atoms with Crippen molar-refractivity contribution in [2.45, 2.75) is 25.8 Å². The van der Waals surface area contributed by atoms with Gasteiger partial charge < -0.3 is 5.11 Å². The average Bonchev–Trinajstić information content (AvgIpc) is 2.55. The molecule has 0 fully saturated rings. The summed E-state index contributed by atoms with van der Waals surface area (Å²) in [5, 5.41) is 9.60. The number of aryl methyl sites for hydroxylation is 1. The molecule has 1 atom stereocenters. The van der Waals surface area contributed by atoms with E-state index in [0.29, 0.717) is 5.56 Å². The summed E-state index contributed by atoms with van der Waals surface area (Å²) < 4.78 is 38.4. The quantitative estimate of drug-likeness (QED) is 0.819. The number of aliphatic carboxylic acids is 1. The first-order valence-electron chi connectivity index (χ1n) is 7.78. The lowest BCUT2D eigenvalue weighted by atomic mass is 10.0. The molecule has 7 heteroatoms. The number of sulfonamides is 1. The summed E-state index contributed by atoms with van der Waals surface area (Å²) in [4.78, 5) is 11.8. The Kier molecular flexibility index (Phi) is 5.79. The number of anilines is 1. The van der Waals surface area contributed by atoms with E-state index in [-0.39, 0.29) is 12.1 Å². The van der Waals surface area contributed by atoms with Crippen molar-refractivity contribution >= 4 is 21.7 Å². The maximum absolute atomic E-state index is 13.1. The first-order chi connectivity index (χ1) is 11.7. The number of carboxylic acid groups (broad SMARTS) is 1. The molecule has 1 N–H and O–H groups in total. The summed E-state index contributed by atoms with van der Waals surface area (Å²) in [6.45, 7) is 2.01. The Labute approximate surface area is 146 Å². The SMILES string of the molecule is CCc1ccc(CC(C(=O)O)N(c2ccc(F)cc2)S(C)(=O)=O)cc1. The van der Waals surface area contributed by atoms with Gasteiger partial charge in [-0.05, 0) is 41.8 Å². The summed E-state index contributed by atoms with van der Waals surface area (Å²) in [7, 11) is -3.88. The molecule has 0 aromatic heterocycles. The monoisotopic (exact) mass is 365 g/mol. The lowest BCUT2D eigenvalue weighted by molar-refractivity contribution is -0.138. The van der Waals surface area contributed by atoms with E-state index < -0.39 is 27.9 Å². The predicted octanol–water partition coefficient (Wildman–Crippen LogP) is 2.85. The van der Waals surface area contributed by atoms with Gasteiger partial charge in [0.15, 0.2) is 0 Å². The van der Waals surface area contributed by atoms with Gasteiger partial charge >= 0.3 is 5.97 Å². The third-order valence-corrected chi connectivity index (χ3v) is 5.05. The van der Waals surface area contributed by atoms with Crippen LogP contribution in [0.2, 0.25) is 0 Å². The number of nitrogens with zero attached hydrogens (tertiary/aromatic N) is 1.